The van der Waals surface area contributed by atoms with Crippen molar-refractivity contribution in [2.75, 3.05) is 13.2 Å². The summed E-state index contributed by atoms with van der Waals surface area (Å²) in [4.78, 5) is 11.8. The number of rotatable bonds is 4. The zero-order valence-corrected chi connectivity index (χ0v) is 14.1. The molecule has 4 nitrogen and oxygen atoms in total. The molecule has 0 fully saturated rings. The maximum absolute atomic E-state index is 13.6. The quantitative estimate of drug-likeness (QED) is 0.331. The van der Waals surface area contributed by atoms with E-state index in [1.54, 1.807) is 0 Å². The maximum atomic E-state index is 13.6. The highest BCUT2D eigenvalue weighted by Gasteiger charge is 2.27. The summed E-state index contributed by atoms with van der Waals surface area (Å²) in [5, 5.41) is 0.206. The van der Waals surface area contributed by atoms with Crippen molar-refractivity contribution in [1.82, 2.24) is 0 Å². The molecule has 2 aromatic carbocycles. The van der Waals surface area contributed by atoms with Gasteiger partial charge in [0, 0.05) is 5.56 Å². The molecule has 0 N–H and O–H groups in total. The van der Waals surface area contributed by atoms with E-state index in [2.05, 4.69) is 0 Å². The average Bonchev–Trinajstić information content (AvgIpc) is 2.66. The first-order valence-electron chi connectivity index (χ1n) is 7.53. The van der Waals surface area contributed by atoms with Crippen LogP contribution in [0.5, 0.6) is 11.5 Å². The Bertz CT molecular complexity index is 890. The van der Waals surface area contributed by atoms with Gasteiger partial charge in [0.25, 0.3) is 0 Å². The van der Waals surface area contributed by atoms with Crippen LogP contribution in [0.4, 0.5) is 22.0 Å². The van der Waals surface area contributed by atoms with Gasteiger partial charge in [-0.15, -0.1) is 0 Å². The standard InChI is InChI=1S/C17H10ClF5O4/c18-9-3-7(4-10-17(9)26-2-1-25-10)6-27-11(24)5-8-12(19)14(21)16(23)15(22)13(8)20/h3-4H,1-2,5-6H2. The lowest BCUT2D eigenvalue weighted by Crippen LogP contribution is -2.16. The number of benzene rings is 2. The molecule has 0 aromatic heterocycles. The van der Waals surface area contributed by atoms with Gasteiger partial charge in [0.1, 0.15) is 19.8 Å². The van der Waals surface area contributed by atoms with Crippen molar-refractivity contribution < 1.29 is 41.0 Å². The molecule has 0 atom stereocenters. The summed E-state index contributed by atoms with van der Waals surface area (Å²) in [7, 11) is 0. The van der Waals surface area contributed by atoms with E-state index in [0.29, 0.717) is 30.3 Å². The van der Waals surface area contributed by atoms with E-state index in [4.69, 9.17) is 25.8 Å². The predicted molar refractivity (Wildman–Crippen MR) is 82.2 cm³/mol. The molecule has 27 heavy (non-hydrogen) atoms. The molecule has 0 saturated heterocycles. The number of carbonyl (C=O) groups excluding carboxylic acids is 1. The third-order valence-electron chi connectivity index (χ3n) is 3.68. The van der Waals surface area contributed by atoms with E-state index in [0.717, 1.165) is 0 Å². The SMILES string of the molecule is O=C(Cc1c(F)c(F)c(F)c(F)c1F)OCc1cc(Cl)c2c(c1)OCCO2. The molecule has 0 bridgehead atoms. The second-order valence-electron chi connectivity index (χ2n) is 5.49. The first kappa shape index (κ1) is 19.2. The summed E-state index contributed by atoms with van der Waals surface area (Å²) >= 11 is 6.02. The van der Waals surface area contributed by atoms with Crippen LogP contribution in [0, 0.1) is 29.1 Å². The third kappa shape index (κ3) is 3.78. The van der Waals surface area contributed by atoms with Gasteiger partial charge < -0.3 is 14.2 Å². The highest BCUT2D eigenvalue weighted by Crippen LogP contribution is 2.38. The number of esters is 1. The molecule has 0 unspecified atom stereocenters. The van der Waals surface area contributed by atoms with E-state index in [1.165, 1.54) is 12.1 Å². The Morgan fingerprint density at radius 3 is 2.22 bits per heavy atom. The molecule has 0 spiro atoms. The number of fused-ring (bicyclic) bond motifs is 1. The van der Waals surface area contributed by atoms with Gasteiger partial charge in [-0.1, -0.05) is 11.6 Å². The van der Waals surface area contributed by atoms with Gasteiger partial charge in [0.2, 0.25) is 5.82 Å². The highest BCUT2D eigenvalue weighted by atomic mass is 35.5. The molecule has 0 aliphatic carbocycles. The molecule has 1 aliphatic heterocycles. The van der Waals surface area contributed by atoms with Crippen LogP contribution in [0.2, 0.25) is 5.02 Å². The number of halogens is 6. The van der Waals surface area contributed by atoms with Crippen LogP contribution in [-0.4, -0.2) is 19.2 Å². The minimum Gasteiger partial charge on any atom is -0.486 e. The number of carbonyl (C=O) groups is 1. The lowest BCUT2D eigenvalue weighted by Gasteiger charge is -2.20. The number of hydrogen-bond acceptors (Lipinski definition) is 4. The summed E-state index contributed by atoms with van der Waals surface area (Å²) in [6, 6.07) is 2.92. The molecule has 1 aliphatic rings. The van der Waals surface area contributed by atoms with Crippen molar-refractivity contribution in [3.63, 3.8) is 0 Å². The first-order valence-corrected chi connectivity index (χ1v) is 7.91. The third-order valence-corrected chi connectivity index (χ3v) is 3.96. The lowest BCUT2D eigenvalue weighted by molar-refractivity contribution is -0.144. The van der Waals surface area contributed by atoms with Crippen molar-refractivity contribution >= 4 is 17.6 Å². The molecule has 0 amide bonds. The van der Waals surface area contributed by atoms with Gasteiger partial charge in [-0.05, 0) is 17.7 Å². The van der Waals surface area contributed by atoms with Gasteiger partial charge in [-0.2, -0.15) is 0 Å². The zero-order chi connectivity index (χ0) is 19.7. The number of ether oxygens (including phenoxy) is 3. The van der Waals surface area contributed by atoms with Gasteiger partial charge in [-0.25, -0.2) is 22.0 Å². The topological polar surface area (TPSA) is 44.8 Å². The van der Waals surface area contributed by atoms with Crippen molar-refractivity contribution in [3.05, 3.63) is 57.4 Å². The Balaban J connectivity index is 1.72. The van der Waals surface area contributed by atoms with Crippen LogP contribution in [0.1, 0.15) is 11.1 Å². The summed E-state index contributed by atoms with van der Waals surface area (Å²) in [5.41, 5.74) is -0.883. The van der Waals surface area contributed by atoms with Crippen LogP contribution in [-0.2, 0) is 22.6 Å². The molecule has 0 saturated carbocycles. The fourth-order valence-electron chi connectivity index (χ4n) is 2.41. The monoisotopic (exact) mass is 408 g/mol. The molecule has 3 rings (SSSR count). The van der Waals surface area contributed by atoms with E-state index < -0.39 is 47.0 Å². The van der Waals surface area contributed by atoms with Gasteiger partial charge in [-0.3, -0.25) is 4.79 Å². The molecule has 10 heteroatoms. The second-order valence-corrected chi connectivity index (χ2v) is 5.89. The fourth-order valence-corrected chi connectivity index (χ4v) is 2.70. The fraction of sp³-hybridized carbons (Fsp3) is 0.235. The Labute approximate surface area is 154 Å². The normalized spacial score (nSPS) is 12.8. The summed E-state index contributed by atoms with van der Waals surface area (Å²) in [6.45, 7) is 0.264. The van der Waals surface area contributed by atoms with Crippen LogP contribution in [0.15, 0.2) is 12.1 Å². The van der Waals surface area contributed by atoms with Gasteiger partial charge >= 0.3 is 5.97 Å². The molecule has 0 radical (unpaired) electrons. The molecule has 2 aromatic rings. The van der Waals surface area contributed by atoms with Crippen LogP contribution in [0.3, 0.4) is 0 Å². The van der Waals surface area contributed by atoms with Crippen molar-refractivity contribution in [3.8, 4) is 11.5 Å². The van der Waals surface area contributed by atoms with Crippen LogP contribution >= 0.6 is 11.6 Å². The molecule has 1 heterocycles. The van der Waals surface area contributed by atoms with Crippen LogP contribution in [0.25, 0.3) is 0 Å². The minimum absolute atomic E-state index is 0.206. The van der Waals surface area contributed by atoms with Gasteiger partial charge in [0.05, 0.1) is 11.4 Å². The smallest absolute Gasteiger partial charge is 0.310 e. The highest BCUT2D eigenvalue weighted by molar-refractivity contribution is 6.32. The Hall–Kier alpha value is -2.55. The Morgan fingerprint density at radius 1 is 0.963 bits per heavy atom. The van der Waals surface area contributed by atoms with Crippen LogP contribution < -0.4 is 9.47 Å². The second kappa shape index (κ2) is 7.59. The van der Waals surface area contributed by atoms with E-state index in [1.807, 2.05) is 0 Å². The average molecular weight is 409 g/mol. The van der Waals surface area contributed by atoms with E-state index >= 15 is 0 Å². The summed E-state index contributed by atoms with van der Waals surface area (Å²) < 4.78 is 82.0. The van der Waals surface area contributed by atoms with E-state index in [9.17, 15) is 26.7 Å². The van der Waals surface area contributed by atoms with Crippen molar-refractivity contribution in [2.24, 2.45) is 0 Å². The molecular formula is C17H10ClF5O4. The molecule has 144 valence electrons. The van der Waals surface area contributed by atoms with Crippen molar-refractivity contribution in [1.29, 1.82) is 0 Å². The Kier molecular flexibility index (Phi) is 5.41. The lowest BCUT2D eigenvalue weighted by atomic mass is 10.1. The van der Waals surface area contributed by atoms with Gasteiger partial charge in [0.15, 0.2) is 34.8 Å². The maximum Gasteiger partial charge on any atom is 0.310 e. The first-order chi connectivity index (χ1) is 12.8. The zero-order valence-electron chi connectivity index (χ0n) is 13.4. The van der Waals surface area contributed by atoms with E-state index in [-0.39, 0.29) is 11.6 Å². The summed E-state index contributed by atoms with van der Waals surface area (Å²) in [6.07, 6.45) is -1.13. The number of hydrogen-bond donors (Lipinski definition) is 0. The molecular weight excluding hydrogens is 399 g/mol. The predicted octanol–water partition coefficient (Wildman–Crippen LogP) is 4.09. The minimum atomic E-state index is -2.30. The largest absolute Gasteiger partial charge is 0.486 e. The summed E-state index contributed by atoms with van der Waals surface area (Å²) in [5.74, 6) is -11.2. The Morgan fingerprint density at radius 2 is 1.56 bits per heavy atom. The van der Waals surface area contributed by atoms with Crippen molar-refractivity contribution in [2.45, 2.75) is 13.0 Å².